The van der Waals surface area contributed by atoms with Crippen molar-refractivity contribution in [1.29, 1.82) is 0 Å². The van der Waals surface area contributed by atoms with Crippen LogP contribution in [0.25, 0.3) is 0 Å². The van der Waals surface area contributed by atoms with Gasteiger partial charge in [0.2, 0.25) is 0 Å². The standard InChI is InChI=1S/C4H5OP/c1-6-3-2-4(6)5/h2-3H,1H3. The molecule has 0 amide bonds. The van der Waals surface area contributed by atoms with E-state index in [4.69, 9.17) is 0 Å². The van der Waals surface area contributed by atoms with Crippen LogP contribution in [0.5, 0.6) is 0 Å². The quantitative estimate of drug-likeness (QED) is 0.417. The van der Waals surface area contributed by atoms with E-state index in [1.165, 1.54) is 0 Å². The van der Waals surface area contributed by atoms with Crippen molar-refractivity contribution in [3.05, 3.63) is 11.9 Å². The largest absolute Gasteiger partial charge is 0.289 e. The normalized spacial score (nSPS) is 30.2. The highest BCUT2D eigenvalue weighted by Gasteiger charge is 2.12. The van der Waals surface area contributed by atoms with Crippen molar-refractivity contribution in [2.24, 2.45) is 0 Å². The van der Waals surface area contributed by atoms with Crippen LogP contribution in [0.1, 0.15) is 0 Å². The number of allylic oxidation sites excluding steroid dienone is 1. The Hall–Kier alpha value is -0.160. The van der Waals surface area contributed by atoms with E-state index < -0.39 is 0 Å². The van der Waals surface area contributed by atoms with Gasteiger partial charge >= 0.3 is 0 Å². The molecule has 1 atom stereocenters. The second-order valence-corrected chi connectivity index (χ2v) is 3.23. The highest BCUT2D eigenvalue weighted by molar-refractivity contribution is 7.79. The zero-order valence-electron chi connectivity index (χ0n) is 3.51. The minimum Gasteiger partial charge on any atom is -0.289 e. The summed E-state index contributed by atoms with van der Waals surface area (Å²) in [6.45, 7) is 1.96. The molecule has 0 saturated heterocycles. The Labute approximate surface area is 37.8 Å². The summed E-state index contributed by atoms with van der Waals surface area (Å²) in [6.07, 6.45) is 1.63. The van der Waals surface area contributed by atoms with E-state index in [2.05, 4.69) is 0 Å². The molecular formula is C4H5OP. The van der Waals surface area contributed by atoms with E-state index in [1.54, 1.807) is 6.08 Å². The first-order chi connectivity index (χ1) is 2.80. The van der Waals surface area contributed by atoms with Crippen LogP contribution in [0, 0.1) is 0 Å². The van der Waals surface area contributed by atoms with Crippen molar-refractivity contribution in [3.8, 4) is 0 Å². The topological polar surface area (TPSA) is 17.1 Å². The van der Waals surface area contributed by atoms with Crippen LogP contribution in [0.2, 0.25) is 0 Å². The summed E-state index contributed by atoms with van der Waals surface area (Å²) < 4.78 is 0. The van der Waals surface area contributed by atoms with Crippen molar-refractivity contribution in [2.75, 3.05) is 6.66 Å². The van der Waals surface area contributed by atoms with Crippen LogP contribution in [0.3, 0.4) is 0 Å². The van der Waals surface area contributed by atoms with Crippen molar-refractivity contribution in [3.63, 3.8) is 0 Å². The number of carbonyl (C=O) groups is 1. The minimum absolute atomic E-state index is 0.298. The first-order valence-electron chi connectivity index (χ1n) is 1.76. The zero-order chi connectivity index (χ0) is 4.57. The fourth-order valence-electron chi connectivity index (χ4n) is 0.284. The third-order valence-corrected chi connectivity index (χ3v) is 2.23. The number of hydrogen-bond acceptors (Lipinski definition) is 1. The second kappa shape index (κ2) is 1.16. The molecule has 1 aliphatic rings. The minimum atomic E-state index is -0.298. The van der Waals surface area contributed by atoms with Crippen molar-refractivity contribution in [1.82, 2.24) is 0 Å². The summed E-state index contributed by atoms with van der Waals surface area (Å²) in [6, 6.07) is 0. The molecule has 0 saturated carbocycles. The summed E-state index contributed by atoms with van der Waals surface area (Å²) >= 11 is 0. The molecule has 1 aliphatic heterocycles. The Balaban J connectivity index is 2.67. The van der Waals surface area contributed by atoms with Gasteiger partial charge in [-0.25, -0.2) is 0 Å². The maximum atomic E-state index is 10.2. The van der Waals surface area contributed by atoms with Gasteiger partial charge in [-0.15, -0.1) is 0 Å². The molecule has 1 nitrogen and oxygen atoms in total. The highest BCUT2D eigenvalue weighted by Crippen LogP contribution is 2.41. The van der Waals surface area contributed by atoms with Crippen molar-refractivity contribution >= 4 is 13.4 Å². The molecule has 0 spiro atoms. The summed E-state index contributed by atoms with van der Waals surface area (Å²) in [5, 5.41) is 0. The first-order valence-corrected chi connectivity index (χ1v) is 3.61. The maximum Gasteiger partial charge on any atom is 0.180 e. The maximum absolute atomic E-state index is 10.2. The molecular weight excluding hydrogens is 95.0 g/mol. The molecule has 1 unspecified atom stereocenters. The van der Waals surface area contributed by atoms with Crippen LogP contribution >= 0.6 is 7.92 Å². The lowest BCUT2D eigenvalue weighted by molar-refractivity contribution is -0.107. The van der Waals surface area contributed by atoms with Gasteiger partial charge in [0, 0.05) is 0 Å². The Bertz CT molecular complexity index is 106. The lowest BCUT2D eigenvalue weighted by atomic mass is 10.7. The average Bonchev–Trinajstić information content (AvgIpc) is 1.61. The summed E-state index contributed by atoms with van der Waals surface area (Å²) in [5.41, 5.74) is 0.324. The van der Waals surface area contributed by atoms with Crippen LogP contribution < -0.4 is 0 Å². The van der Waals surface area contributed by atoms with E-state index in [1.807, 2.05) is 12.5 Å². The van der Waals surface area contributed by atoms with E-state index in [0.29, 0.717) is 5.52 Å². The van der Waals surface area contributed by atoms with Crippen LogP contribution in [-0.4, -0.2) is 12.2 Å². The molecule has 1 heterocycles. The molecule has 0 fully saturated rings. The van der Waals surface area contributed by atoms with E-state index >= 15 is 0 Å². The van der Waals surface area contributed by atoms with Gasteiger partial charge in [0.25, 0.3) is 0 Å². The Morgan fingerprint density at radius 1 is 1.83 bits per heavy atom. The lowest BCUT2D eigenvalue weighted by Gasteiger charge is -2.07. The van der Waals surface area contributed by atoms with Crippen molar-refractivity contribution < 1.29 is 4.79 Å². The van der Waals surface area contributed by atoms with Gasteiger partial charge < -0.3 is 0 Å². The first kappa shape index (κ1) is 4.01. The number of carbonyl (C=O) groups excluding carboxylic acids is 1. The fourth-order valence-corrected chi connectivity index (χ4v) is 0.853. The third kappa shape index (κ3) is 0.396. The Morgan fingerprint density at radius 3 is 2.33 bits per heavy atom. The molecule has 0 radical (unpaired) electrons. The Kier molecular flexibility index (Phi) is 0.776. The van der Waals surface area contributed by atoms with Gasteiger partial charge in [-0.05, 0) is 26.5 Å². The van der Waals surface area contributed by atoms with Gasteiger partial charge in [-0.2, -0.15) is 0 Å². The summed E-state index contributed by atoms with van der Waals surface area (Å²) in [4.78, 5) is 10.2. The number of hydrogen-bond donors (Lipinski definition) is 0. The molecule has 32 valence electrons. The van der Waals surface area contributed by atoms with E-state index in [-0.39, 0.29) is 7.92 Å². The van der Waals surface area contributed by atoms with E-state index in [0.717, 1.165) is 0 Å². The third-order valence-electron chi connectivity index (χ3n) is 0.788. The molecule has 1 rings (SSSR count). The molecule has 0 N–H and O–H groups in total. The van der Waals surface area contributed by atoms with Gasteiger partial charge in [-0.3, -0.25) is 4.79 Å². The van der Waals surface area contributed by atoms with Gasteiger partial charge in [0.1, 0.15) is 0 Å². The van der Waals surface area contributed by atoms with Gasteiger partial charge in [0.15, 0.2) is 5.52 Å². The predicted molar refractivity (Wildman–Crippen MR) is 27.0 cm³/mol. The summed E-state index contributed by atoms with van der Waals surface area (Å²) in [7, 11) is -0.298. The van der Waals surface area contributed by atoms with Crippen LogP contribution in [-0.2, 0) is 4.79 Å². The molecule has 0 aromatic carbocycles. The number of rotatable bonds is 0. The molecule has 0 aliphatic carbocycles. The van der Waals surface area contributed by atoms with Crippen LogP contribution in [0.15, 0.2) is 11.9 Å². The Morgan fingerprint density at radius 2 is 2.33 bits per heavy atom. The van der Waals surface area contributed by atoms with Crippen LogP contribution in [0.4, 0.5) is 0 Å². The molecule has 0 aromatic heterocycles. The zero-order valence-corrected chi connectivity index (χ0v) is 4.40. The average molecular weight is 100 g/mol. The monoisotopic (exact) mass is 100 g/mol. The second-order valence-electron chi connectivity index (χ2n) is 1.26. The molecule has 2 heteroatoms. The van der Waals surface area contributed by atoms with Gasteiger partial charge in [0.05, 0.1) is 0 Å². The van der Waals surface area contributed by atoms with E-state index in [9.17, 15) is 4.79 Å². The molecule has 0 aromatic rings. The smallest absolute Gasteiger partial charge is 0.180 e. The van der Waals surface area contributed by atoms with Gasteiger partial charge in [-0.1, -0.05) is 0 Å². The van der Waals surface area contributed by atoms with Crippen molar-refractivity contribution in [2.45, 2.75) is 0 Å². The molecule has 0 bridgehead atoms. The highest BCUT2D eigenvalue weighted by atomic mass is 31.1. The lowest BCUT2D eigenvalue weighted by Crippen LogP contribution is -1.93. The molecule has 6 heavy (non-hydrogen) atoms. The predicted octanol–water partition coefficient (Wildman–Crippen LogP) is 1.15. The SMILES string of the molecule is CP1C=CC1=O. The fraction of sp³-hybridized carbons (Fsp3) is 0.250. The summed E-state index contributed by atoms with van der Waals surface area (Å²) in [5.74, 6) is 1.96.